The summed E-state index contributed by atoms with van der Waals surface area (Å²) in [5.74, 6) is 0.0495. The minimum atomic E-state index is 0. The molecule has 2 heteroatoms. The first-order valence-corrected chi connectivity index (χ1v) is 4.89. The SMILES string of the molecule is O=C(COCc1ccccc1)C1=CC=C1.[HH]. The predicted octanol–water partition coefficient (Wildman–Crippen LogP) is 2.51. The number of benzene rings is 1. The Hall–Kier alpha value is -1.67. The Balaban J connectivity index is 0.00000128. The molecule has 0 fully saturated rings. The molecule has 0 spiro atoms. The van der Waals surface area contributed by atoms with Crippen molar-refractivity contribution in [2.75, 3.05) is 6.61 Å². The van der Waals surface area contributed by atoms with Crippen molar-refractivity contribution in [1.29, 1.82) is 0 Å². The summed E-state index contributed by atoms with van der Waals surface area (Å²) in [7, 11) is 0. The van der Waals surface area contributed by atoms with E-state index in [4.69, 9.17) is 4.74 Å². The number of carbonyl (C=O) groups excluding carboxylic acids is 1. The number of ether oxygens (including phenoxy) is 1. The second-order valence-electron chi connectivity index (χ2n) is 3.38. The third kappa shape index (κ3) is 2.64. The van der Waals surface area contributed by atoms with E-state index >= 15 is 0 Å². The van der Waals surface area contributed by atoms with Crippen molar-refractivity contribution in [3.05, 3.63) is 59.7 Å². The van der Waals surface area contributed by atoms with Crippen LogP contribution in [0.4, 0.5) is 0 Å². The number of ketones is 1. The summed E-state index contributed by atoms with van der Waals surface area (Å²) < 4.78 is 5.31. The number of rotatable bonds is 5. The van der Waals surface area contributed by atoms with E-state index < -0.39 is 0 Å². The van der Waals surface area contributed by atoms with Gasteiger partial charge in [0.2, 0.25) is 0 Å². The summed E-state index contributed by atoms with van der Waals surface area (Å²) in [4.78, 5) is 11.4. The summed E-state index contributed by atoms with van der Waals surface area (Å²) in [5.41, 5.74) is 1.84. The van der Waals surface area contributed by atoms with Crippen molar-refractivity contribution < 1.29 is 11.0 Å². The van der Waals surface area contributed by atoms with Crippen molar-refractivity contribution in [3.63, 3.8) is 0 Å². The van der Waals surface area contributed by atoms with Crippen LogP contribution in [-0.2, 0) is 16.1 Å². The Kier molecular flexibility index (Phi) is 3.10. The van der Waals surface area contributed by atoms with E-state index in [9.17, 15) is 4.79 Å². The van der Waals surface area contributed by atoms with Gasteiger partial charge in [0.15, 0.2) is 5.78 Å². The highest BCUT2D eigenvalue weighted by atomic mass is 16.5. The molecule has 0 heterocycles. The molecule has 0 N–H and O–H groups in total. The lowest BCUT2D eigenvalue weighted by atomic mass is 10.1. The fourth-order valence-corrected chi connectivity index (χ4v) is 1.30. The molecule has 0 unspecified atom stereocenters. The summed E-state index contributed by atoms with van der Waals surface area (Å²) in [5, 5.41) is 0. The Morgan fingerprint density at radius 2 is 2.00 bits per heavy atom. The first-order chi connectivity index (χ1) is 7.36. The fourth-order valence-electron chi connectivity index (χ4n) is 1.30. The van der Waals surface area contributed by atoms with E-state index in [1.807, 2.05) is 36.4 Å². The molecule has 2 nitrogen and oxygen atoms in total. The van der Waals surface area contributed by atoms with E-state index in [0.717, 1.165) is 11.1 Å². The van der Waals surface area contributed by atoms with Crippen LogP contribution in [0.1, 0.15) is 6.99 Å². The molecule has 0 saturated carbocycles. The van der Waals surface area contributed by atoms with E-state index in [2.05, 4.69) is 0 Å². The Bertz CT molecular complexity index is 407. The fraction of sp³-hybridized carbons (Fsp3) is 0.154. The molecule has 1 aromatic carbocycles. The third-order valence-corrected chi connectivity index (χ3v) is 2.22. The number of allylic oxidation sites excluding steroid dienone is 3. The van der Waals surface area contributed by atoms with Gasteiger partial charge in [0.1, 0.15) is 6.61 Å². The largest absolute Gasteiger partial charge is 0.369 e. The van der Waals surface area contributed by atoms with Gasteiger partial charge in [-0.25, -0.2) is 0 Å². The van der Waals surface area contributed by atoms with Crippen LogP contribution in [0.3, 0.4) is 0 Å². The summed E-state index contributed by atoms with van der Waals surface area (Å²) in [6.45, 7) is 0.647. The molecule has 0 atom stereocenters. The number of Topliss-reactive ketones (excluding diaryl/α,β-unsaturated/α-hetero) is 1. The Labute approximate surface area is 90.4 Å². The molecule has 1 aromatic rings. The molecule has 0 aliphatic heterocycles. The zero-order valence-electron chi connectivity index (χ0n) is 8.35. The Morgan fingerprint density at radius 3 is 2.60 bits per heavy atom. The number of hydrogen-bond acceptors (Lipinski definition) is 2. The van der Waals surface area contributed by atoms with Gasteiger partial charge in [-0.3, -0.25) is 4.79 Å². The van der Waals surface area contributed by atoms with Crippen LogP contribution < -0.4 is 0 Å². The second-order valence-corrected chi connectivity index (χ2v) is 3.38. The Morgan fingerprint density at radius 1 is 1.27 bits per heavy atom. The molecule has 0 amide bonds. The second kappa shape index (κ2) is 4.71. The van der Waals surface area contributed by atoms with Crippen molar-refractivity contribution >= 4 is 5.78 Å². The highest BCUT2D eigenvalue weighted by molar-refractivity contribution is 6.01. The standard InChI is InChI=1S/C13H12O2.H2/c14-13(12-7-4-8-12)10-15-9-11-5-2-1-3-6-11;/h1-8H,9-10H2;1H. The summed E-state index contributed by atoms with van der Waals surface area (Å²) in [6.07, 6.45) is 5.45. The van der Waals surface area contributed by atoms with Crippen molar-refractivity contribution in [2.45, 2.75) is 6.61 Å². The minimum Gasteiger partial charge on any atom is -0.369 e. The van der Waals surface area contributed by atoms with Gasteiger partial charge in [-0.1, -0.05) is 48.6 Å². The van der Waals surface area contributed by atoms with Gasteiger partial charge in [-0.2, -0.15) is 0 Å². The molecular formula is C13H14O2. The number of hydrogen-bond donors (Lipinski definition) is 0. The van der Waals surface area contributed by atoms with Crippen LogP contribution in [0.2, 0.25) is 0 Å². The van der Waals surface area contributed by atoms with Gasteiger partial charge in [0, 0.05) is 7.00 Å². The molecule has 0 radical (unpaired) electrons. The zero-order valence-corrected chi connectivity index (χ0v) is 8.35. The van der Waals surface area contributed by atoms with Gasteiger partial charge in [-0.05, 0) is 5.56 Å². The highest BCUT2D eigenvalue weighted by Gasteiger charge is 2.09. The van der Waals surface area contributed by atoms with Gasteiger partial charge < -0.3 is 4.74 Å². The zero-order chi connectivity index (χ0) is 10.5. The average molecular weight is 202 g/mol. The van der Waals surface area contributed by atoms with Gasteiger partial charge in [0.05, 0.1) is 6.61 Å². The highest BCUT2D eigenvalue weighted by Crippen LogP contribution is 2.09. The minimum absolute atomic E-state index is 0. The van der Waals surface area contributed by atoms with Crippen LogP contribution in [0.15, 0.2) is 54.1 Å². The van der Waals surface area contributed by atoms with Crippen LogP contribution >= 0.6 is 0 Å². The van der Waals surface area contributed by atoms with E-state index in [1.165, 1.54) is 0 Å². The molecule has 0 bridgehead atoms. The maximum absolute atomic E-state index is 11.4. The van der Waals surface area contributed by atoms with Gasteiger partial charge in [0.25, 0.3) is 0 Å². The van der Waals surface area contributed by atoms with E-state index in [1.54, 1.807) is 12.2 Å². The van der Waals surface area contributed by atoms with Crippen molar-refractivity contribution in [1.82, 2.24) is 0 Å². The molecule has 1 aliphatic rings. The first kappa shape index (κ1) is 9.87. The van der Waals surface area contributed by atoms with Crippen LogP contribution in [-0.4, -0.2) is 12.4 Å². The first-order valence-electron chi connectivity index (χ1n) is 4.89. The monoisotopic (exact) mass is 202 g/mol. The van der Waals surface area contributed by atoms with Crippen LogP contribution in [0.25, 0.3) is 0 Å². The van der Waals surface area contributed by atoms with Crippen molar-refractivity contribution in [2.24, 2.45) is 0 Å². The molecular weight excluding hydrogens is 188 g/mol. The maximum Gasteiger partial charge on any atom is 0.188 e. The lowest BCUT2D eigenvalue weighted by molar-refractivity contribution is -0.120. The molecule has 0 aromatic heterocycles. The lowest BCUT2D eigenvalue weighted by Crippen LogP contribution is -2.12. The normalized spacial score (nSPS) is 13.2. The van der Waals surface area contributed by atoms with Crippen molar-refractivity contribution in [3.8, 4) is 0 Å². The quantitative estimate of drug-likeness (QED) is 0.733. The molecule has 1 aliphatic carbocycles. The molecule has 15 heavy (non-hydrogen) atoms. The van der Waals surface area contributed by atoms with Gasteiger partial charge in [-0.15, -0.1) is 0 Å². The van der Waals surface area contributed by atoms with Crippen LogP contribution in [0, 0.1) is 0 Å². The predicted molar refractivity (Wildman–Crippen MR) is 60.4 cm³/mol. The molecule has 2 rings (SSSR count). The lowest BCUT2D eigenvalue weighted by Gasteiger charge is -2.07. The summed E-state index contributed by atoms with van der Waals surface area (Å²) >= 11 is 0. The summed E-state index contributed by atoms with van der Waals surface area (Å²) in [6, 6.07) is 9.83. The van der Waals surface area contributed by atoms with E-state index in [0.29, 0.717) is 6.61 Å². The topological polar surface area (TPSA) is 26.3 Å². The number of carbonyl (C=O) groups is 1. The average Bonchev–Trinajstić information content (AvgIpc) is 2.16. The van der Waals surface area contributed by atoms with E-state index in [-0.39, 0.29) is 13.8 Å². The molecule has 78 valence electrons. The molecule has 0 saturated heterocycles. The van der Waals surface area contributed by atoms with Gasteiger partial charge >= 0.3 is 0 Å². The maximum atomic E-state index is 11.4. The smallest absolute Gasteiger partial charge is 0.188 e. The van der Waals surface area contributed by atoms with Crippen LogP contribution in [0.5, 0.6) is 0 Å². The third-order valence-electron chi connectivity index (χ3n) is 2.22.